The molecule has 0 bridgehead atoms. The number of amides is 1. The number of nitrogens with zero attached hydrogens (tertiary/aromatic N) is 1. The lowest BCUT2D eigenvalue weighted by Crippen LogP contribution is -2.42. The van der Waals surface area contributed by atoms with Crippen LogP contribution in [0.2, 0.25) is 0 Å². The molecule has 1 heterocycles. The summed E-state index contributed by atoms with van der Waals surface area (Å²) in [7, 11) is 1.67. The van der Waals surface area contributed by atoms with Crippen molar-refractivity contribution in [1.82, 2.24) is 4.90 Å². The maximum atomic E-state index is 13.0. The SMILES string of the molecule is COCCCC(C)C(=O)N1CCC(C(O)c2ccc(F)cc2)CC1. The van der Waals surface area contributed by atoms with Gasteiger partial charge in [-0.05, 0) is 49.3 Å². The highest BCUT2D eigenvalue weighted by molar-refractivity contribution is 5.78. The van der Waals surface area contributed by atoms with Crippen LogP contribution in [0, 0.1) is 17.7 Å². The first kappa shape index (κ1) is 18.9. The summed E-state index contributed by atoms with van der Waals surface area (Å²) in [5.74, 6) is 0.0247. The van der Waals surface area contributed by atoms with Gasteiger partial charge in [0.15, 0.2) is 0 Å². The van der Waals surface area contributed by atoms with Crippen LogP contribution < -0.4 is 0 Å². The van der Waals surface area contributed by atoms with Crippen molar-refractivity contribution in [2.24, 2.45) is 11.8 Å². The number of benzene rings is 1. The first-order valence-corrected chi connectivity index (χ1v) is 8.74. The van der Waals surface area contributed by atoms with Crippen molar-refractivity contribution < 1.29 is 19.0 Å². The van der Waals surface area contributed by atoms with Crippen LogP contribution in [0.15, 0.2) is 24.3 Å². The molecule has 1 amide bonds. The molecular weight excluding hydrogens is 309 g/mol. The Hall–Kier alpha value is -1.46. The van der Waals surface area contributed by atoms with E-state index >= 15 is 0 Å². The topological polar surface area (TPSA) is 49.8 Å². The molecular formula is C19H28FNO3. The van der Waals surface area contributed by atoms with E-state index in [0.717, 1.165) is 31.2 Å². The normalized spacial score (nSPS) is 18.4. The van der Waals surface area contributed by atoms with Crippen LogP contribution in [-0.4, -0.2) is 42.7 Å². The smallest absolute Gasteiger partial charge is 0.225 e. The first-order valence-electron chi connectivity index (χ1n) is 8.74. The van der Waals surface area contributed by atoms with Gasteiger partial charge in [-0.15, -0.1) is 0 Å². The fourth-order valence-electron chi connectivity index (χ4n) is 3.34. The summed E-state index contributed by atoms with van der Waals surface area (Å²) in [4.78, 5) is 14.4. The van der Waals surface area contributed by atoms with Gasteiger partial charge in [0, 0.05) is 32.7 Å². The molecule has 1 aromatic rings. The van der Waals surface area contributed by atoms with Crippen molar-refractivity contribution in [2.45, 2.75) is 38.7 Å². The average molecular weight is 337 g/mol. The van der Waals surface area contributed by atoms with Crippen LogP contribution >= 0.6 is 0 Å². The summed E-state index contributed by atoms with van der Waals surface area (Å²) in [5.41, 5.74) is 0.745. The molecule has 2 unspecified atom stereocenters. The average Bonchev–Trinajstić information content (AvgIpc) is 2.61. The molecule has 0 aliphatic carbocycles. The number of hydrogen-bond donors (Lipinski definition) is 1. The number of methoxy groups -OCH3 is 1. The summed E-state index contributed by atoms with van der Waals surface area (Å²) in [6, 6.07) is 6.02. The third-order valence-corrected chi connectivity index (χ3v) is 4.92. The van der Waals surface area contributed by atoms with Crippen molar-refractivity contribution in [3.63, 3.8) is 0 Å². The van der Waals surface area contributed by atoms with E-state index in [9.17, 15) is 14.3 Å². The number of piperidine rings is 1. The Morgan fingerprint density at radius 1 is 1.33 bits per heavy atom. The van der Waals surface area contributed by atoms with Gasteiger partial charge in [0.25, 0.3) is 0 Å². The second kappa shape index (κ2) is 9.14. The molecule has 1 saturated heterocycles. The predicted molar refractivity (Wildman–Crippen MR) is 90.9 cm³/mol. The number of carbonyl (C=O) groups is 1. The standard InChI is InChI=1S/C19H28FNO3/c1-14(4-3-13-24-2)19(23)21-11-9-16(10-12-21)18(22)15-5-7-17(20)8-6-15/h5-8,14,16,18,22H,3-4,9-13H2,1-2H3. The van der Waals surface area contributed by atoms with Gasteiger partial charge in [-0.2, -0.15) is 0 Å². The zero-order valence-electron chi connectivity index (χ0n) is 14.6. The summed E-state index contributed by atoms with van der Waals surface area (Å²) < 4.78 is 18.0. The molecule has 2 rings (SSSR count). The number of carbonyl (C=O) groups excluding carboxylic acids is 1. The maximum absolute atomic E-state index is 13.0. The molecule has 5 heteroatoms. The number of aliphatic hydroxyl groups excluding tert-OH is 1. The van der Waals surface area contributed by atoms with Crippen LogP contribution in [0.3, 0.4) is 0 Å². The maximum Gasteiger partial charge on any atom is 0.225 e. The van der Waals surface area contributed by atoms with Crippen LogP contribution in [-0.2, 0) is 9.53 Å². The zero-order chi connectivity index (χ0) is 17.5. The summed E-state index contributed by atoms with van der Waals surface area (Å²) in [5, 5.41) is 10.5. The fraction of sp³-hybridized carbons (Fsp3) is 0.632. The van der Waals surface area contributed by atoms with E-state index in [2.05, 4.69) is 0 Å². The number of ether oxygens (including phenoxy) is 1. The van der Waals surface area contributed by atoms with Gasteiger partial charge >= 0.3 is 0 Å². The Balaban J connectivity index is 1.82. The number of hydrogen-bond acceptors (Lipinski definition) is 3. The number of likely N-dealkylation sites (tertiary alicyclic amines) is 1. The summed E-state index contributed by atoms with van der Waals surface area (Å²) in [6.45, 7) is 4.01. The Kier molecular flexibility index (Phi) is 7.18. The van der Waals surface area contributed by atoms with Gasteiger partial charge in [-0.25, -0.2) is 4.39 Å². The van der Waals surface area contributed by atoms with Gasteiger partial charge < -0.3 is 14.7 Å². The van der Waals surface area contributed by atoms with E-state index < -0.39 is 6.10 Å². The summed E-state index contributed by atoms with van der Waals surface area (Å²) in [6.07, 6.45) is 2.68. The van der Waals surface area contributed by atoms with Crippen molar-refractivity contribution in [3.8, 4) is 0 Å². The van der Waals surface area contributed by atoms with Crippen molar-refractivity contribution >= 4 is 5.91 Å². The molecule has 1 N–H and O–H groups in total. The van der Waals surface area contributed by atoms with Gasteiger partial charge in [0.2, 0.25) is 5.91 Å². The van der Waals surface area contributed by atoms with E-state index in [0.29, 0.717) is 19.7 Å². The lowest BCUT2D eigenvalue weighted by Gasteiger charge is -2.35. The van der Waals surface area contributed by atoms with Crippen LogP contribution in [0.25, 0.3) is 0 Å². The van der Waals surface area contributed by atoms with Gasteiger partial charge in [-0.1, -0.05) is 19.1 Å². The molecule has 0 radical (unpaired) electrons. The Morgan fingerprint density at radius 2 is 1.96 bits per heavy atom. The van der Waals surface area contributed by atoms with Gasteiger partial charge in [0.05, 0.1) is 6.10 Å². The van der Waals surface area contributed by atoms with Gasteiger partial charge in [0.1, 0.15) is 5.82 Å². The van der Waals surface area contributed by atoms with E-state index in [1.807, 2.05) is 11.8 Å². The number of halogens is 1. The highest BCUT2D eigenvalue weighted by Gasteiger charge is 2.29. The number of aliphatic hydroxyl groups is 1. The van der Waals surface area contributed by atoms with Crippen LogP contribution in [0.4, 0.5) is 4.39 Å². The Bertz CT molecular complexity index is 512. The molecule has 1 aromatic carbocycles. The predicted octanol–water partition coefficient (Wildman–Crippen LogP) is 3.16. The monoisotopic (exact) mass is 337 g/mol. The zero-order valence-corrected chi connectivity index (χ0v) is 14.6. The third kappa shape index (κ3) is 5.02. The molecule has 0 saturated carbocycles. The number of rotatable bonds is 7. The Morgan fingerprint density at radius 3 is 2.54 bits per heavy atom. The van der Waals surface area contributed by atoms with E-state index in [-0.39, 0.29) is 23.6 Å². The fourth-order valence-corrected chi connectivity index (χ4v) is 3.34. The first-order chi connectivity index (χ1) is 11.5. The molecule has 0 aromatic heterocycles. The third-order valence-electron chi connectivity index (χ3n) is 4.92. The largest absolute Gasteiger partial charge is 0.388 e. The molecule has 0 spiro atoms. The highest BCUT2D eigenvalue weighted by atomic mass is 19.1. The van der Waals surface area contributed by atoms with Gasteiger partial charge in [-0.3, -0.25) is 4.79 Å². The molecule has 1 aliphatic heterocycles. The second-order valence-corrected chi connectivity index (χ2v) is 6.70. The molecule has 4 nitrogen and oxygen atoms in total. The lowest BCUT2D eigenvalue weighted by molar-refractivity contribution is -0.137. The second-order valence-electron chi connectivity index (χ2n) is 6.70. The minimum atomic E-state index is -0.595. The molecule has 134 valence electrons. The molecule has 24 heavy (non-hydrogen) atoms. The highest BCUT2D eigenvalue weighted by Crippen LogP contribution is 2.31. The van der Waals surface area contributed by atoms with Crippen LogP contribution in [0.1, 0.15) is 44.3 Å². The summed E-state index contributed by atoms with van der Waals surface area (Å²) >= 11 is 0. The molecule has 1 aliphatic rings. The Labute approximate surface area is 143 Å². The van der Waals surface area contributed by atoms with E-state index in [1.54, 1.807) is 19.2 Å². The quantitative estimate of drug-likeness (QED) is 0.778. The van der Waals surface area contributed by atoms with Crippen molar-refractivity contribution in [1.29, 1.82) is 0 Å². The van der Waals surface area contributed by atoms with E-state index in [4.69, 9.17) is 4.74 Å². The molecule has 2 atom stereocenters. The van der Waals surface area contributed by atoms with E-state index in [1.165, 1.54) is 12.1 Å². The van der Waals surface area contributed by atoms with Crippen LogP contribution in [0.5, 0.6) is 0 Å². The minimum absolute atomic E-state index is 0.0127. The van der Waals surface area contributed by atoms with Crippen molar-refractivity contribution in [2.75, 3.05) is 26.8 Å². The minimum Gasteiger partial charge on any atom is -0.388 e. The lowest BCUT2D eigenvalue weighted by atomic mass is 9.87. The molecule has 1 fully saturated rings. The van der Waals surface area contributed by atoms with Crippen molar-refractivity contribution in [3.05, 3.63) is 35.6 Å².